The number of hydrogen-bond donors (Lipinski definition) is 1. The lowest BCUT2D eigenvalue weighted by Crippen LogP contribution is -2.41. The Bertz CT molecular complexity index is 563. The molecule has 26 heavy (non-hydrogen) atoms. The van der Waals surface area contributed by atoms with Crippen molar-refractivity contribution in [3.8, 4) is 0 Å². The van der Waals surface area contributed by atoms with Gasteiger partial charge in [0.2, 0.25) is 0 Å². The fraction of sp³-hybridized carbons (Fsp3) is 0.619. The van der Waals surface area contributed by atoms with E-state index >= 15 is 0 Å². The van der Waals surface area contributed by atoms with Crippen molar-refractivity contribution in [3.63, 3.8) is 0 Å². The molecule has 5 heteroatoms. The van der Waals surface area contributed by atoms with E-state index in [4.69, 9.17) is 9.47 Å². The number of rotatable bonds is 8. The number of benzene rings is 1. The molecule has 0 aliphatic rings. The third kappa shape index (κ3) is 10.1. The Kier molecular flexibility index (Phi) is 8.62. The van der Waals surface area contributed by atoms with E-state index in [1.54, 1.807) is 20.8 Å². The molecule has 0 spiro atoms. The maximum absolute atomic E-state index is 12.3. The molecule has 146 valence electrons. The van der Waals surface area contributed by atoms with E-state index in [1.807, 2.05) is 37.3 Å². The summed E-state index contributed by atoms with van der Waals surface area (Å²) < 4.78 is 10.8. The van der Waals surface area contributed by atoms with E-state index < -0.39 is 11.7 Å². The van der Waals surface area contributed by atoms with Gasteiger partial charge in [-0.25, -0.2) is 4.79 Å². The van der Waals surface area contributed by atoms with Crippen molar-refractivity contribution in [2.24, 2.45) is 5.92 Å². The summed E-state index contributed by atoms with van der Waals surface area (Å²) in [6.07, 6.45) is 0.793. The van der Waals surface area contributed by atoms with Gasteiger partial charge in [0, 0.05) is 6.04 Å². The molecular weight excluding hydrogens is 330 g/mol. The molecule has 1 aromatic rings. The van der Waals surface area contributed by atoms with E-state index in [-0.39, 0.29) is 24.5 Å². The van der Waals surface area contributed by atoms with Gasteiger partial charge < -0.3 is 14.8 Å². The Balaban J connectivity index is 2.70. The fourth-order valence-electron chi connectivity index (χ4n) is 2.73. The zero-order valence-corrected chi connectivity index (χ0v) is 16.9. The topological polar surface area (TPSA) is 64.6 Å². The minimum atomic E-state index is -0.590. The Morgan fingerprint density at radius 1 is 1.08 bits per heavy atom. The third-order valence-electron chi connectivity index (χ3n) is 3.59. The molecule has 0 aromatic heterocycles. The Morgan fingerprint density at radius 2 is 1.69 bits per heavy atom. The SMILES string of the molecule is CC(C)CC(C)OC(=O)CC(Cc1ccccc1)NC(=O)OC(C)(C)C. The van der Waals surface area contributed by atoms with E-state index in [0.717, 1.165) is 12.0 Å². The number of hydrogen-bond acceptors (Lipinski definition) is 4. The molecule has 1 rings (SSSR count). The highest BCUT2D eigenvalue weighted by molar-refractivity contribution is 5.73. The summed E-state index contributed by atoms with van der Waals surface area (Å²) in [6.45, 7) is 11.5. The van der Waals surface area contributed by atoms with E-state index in [9.17, 15) is 9.59 Å². The van der Waals surface area contributed by atoms with Crippen molar-refractivity contribution in [2.45, 2.75) is 78.6 Å². The number of nitrogens with one attached hydrogen (secondary N) is 1. The van der Waals surface area contributed by atoms with Gasteiger partial charge in [0.05, 0.1) is 12.5 Å². The maximum Gasteiger partial charge on any atom is 0.407 e. The molecule has 1 amide bonds. The fourth-order valence-corrected chi connectivity index (χ4v) is 2.73. The monoisotopic (exact) mass is 363 g/mol. The van der Waals surface area contributed by atoms with Gasteiger partial charge in [0.1, 0.15) is 5.60 Å². The van der Waals surface area contributed by atoms with Crippen LogP contribution in [0.4, 0.5) is 4.79 Å². The van der Waals surface area contributed by atoms with Crippen LogP contribution in [0.5, 0.6) is 0 Å². The normalized spacial score (nSPS) is 13.8. The molecule has 5 nitrogen and oxygen atoms in total. The molecular formula is C21H33NO4. The molecule has 2 atom stereocenters. The Hall–Kier alpha value is -2.04. The second kappa shape index (κ2) is 10.2. The highest BCUT2D eigenvalue weighted by Crippen LogP contribution is 2.13. The molecule has 0 radical (unpaired) electrons. The number of ether oxygens (including phenoxy) is 2. The first kappa shape index (κ1) is 22.0. The largest absolute Gasteiger partial charge is 0.463 e. The molecule has 0 heterocycles. The Morgan fingerprint density at radius 3 is 2.23 bits per heavy atom. The average molecular weight is 363 g/mol. The van der Waals surface area contributed by atoms with Gasteiger partial charge in [-0.3, -0.25) is 4.79 Å². The van der Waals surface area contributed by atoms with Gasteiger partial charge >= 0.3 is 12.1 Å². The standard InChI is InChI=1S/C21H33NO4/c1-15(2)12-16(3)25-19(23)14-18(13-17-10-8-7-9-11-17)22-20(24)26-21(4,5)6/h7-11,15-16,18H,12-14H2,1-6H3,(H,22,24). The van der Waals surface area contributed by atoms with Crippen molar-refractivity contribution in [1.29, 1.82) is 0 Å². The average Bonchev–Trinajstić information content (AvgIpc) is 2.44. The van der Waals surface area contributed by atoms with E-state index in [1.165, 1.54) is 0 Å². The summed E-state index contributed by atoms with van der Waals surface area (Å²) in [7, 11) is 0. The van der Waals surface area contributed by atoms with Gasteiger partial charge in [-0.1, -0.05) is 44.2 Å². The van der Waals surface area contributed by atoms with Crippen LogP contribution in [0.3, 0.4) is 0 Å². The number of alkyl carbamates (subject to hydrolysis) is 1. The third-order valence-corrected chi connectivity index (χ3v) is 3.59. The van der Waals surface area contributed by atoms with Crippen molar-refractivity contribution < 1.29 is 19.1 Å². The molecule has 1 aromatic carbocycles. The molecule has 0 aliphatic carbocycles. The van der Waals surface area contributed by atoms with Gasteiger partial charge in [-0.15, -0.1) is 0 Å². The van der Waals surface area contributed by atoms with Gasteiger partial charge in [0.15, 0.2) is 0 Å². The van der Waals surface area contributed by atoms with Crippen LogP contribution in [0.15, 0.2) is 30.3 Å². The predicted octanol–water partition coefficient (Wildman–Crippen LogP) is 4.49. The van der Waals surface area contributed by atoms with Crippen LogP contribution >= 0.6 is 0 Å². The molecule has 0 fully saturated rings. The molecule has 1 N–H and O–H groups in total. The smallest absolute Gasteiger partial charge is 0.407 e. The molecule has 2 unspecified atom stereocenters. The van der Waals surface area contributed by atoms with Gasteiger partial charge in [-0.05, 0) is 52.0 Å². The van der Waals surface area contributed by atoms with Crippen LogP contribution in [0.25, 0.3) is 0 Å². The lowest BCUT2D eigenvalue weighted by atomic mass is 10.0. The first-order valence-electron chi connectivity index (χ1n) is 9.28. The molecule has 0 aliphatic heterocycles. The van der Waals surface area contributed by atoms with Crippen molar-refractivity contribution in [3.05, 3.63) is 35.9 Å². The molecule has 0 bridgehead atoms. The van der Waals surface area contributed by atoms with Crippen LogP contribution in [-0.2, 0) is 20.7 Å². The molecule has 0 saturated carbocycles. The first-order valence-corrected chi connectivity index (χ1v) is 9.28. The minimum absolute atomic E-state index is 0.108. The van der Waals surface area contributed by atoms with Crippen LogP contribution in [-0.4, -0.2) is 29.8 Å². The van der Waals surface area contributed by atoms with Gasteiger partial charge in [0.25, 0.3) is 0 Å². The summed E-state index contributed by atoms with van der Waals surface area (Å²) in [5.74, 6) is 0.146. The summed E-state index contributed by atoms with van der Waals surface area (Å²) in [5, 5.41) is 2.80. The van der Waals surface area contributed by atoms with Gasteiger partial charge in [-0.2, -0.15) is 0 Å². The summed E-state index contributed by atoms with van der Waals surface area (Å²) in [6, 6.07) is 9.35. The van der Waals surface area contributed by atoms with E-state index in [2.05, 4.69) is 19.2 Å². The highest BCUT2D eigenvalue weighted by atomic mass is 16.6. The zero-order chi connectivity index (χ0) is 19.7. The summed E-state index contributed by atoms with van der Waals surface area (Å²) >= 11 is 0. The predicted molar refractivity (Wildman–Crippen MR) is 103 cm³/mol. The Labute approximate surface area is 157 Å². The van der Waals surface area contributed by atoms with E-state index in [0.29, 0.717) is 12.3 Å². The van der Waals surface area contributed by atoms with Crippen molar-refractivity contribution in [1.82, 2.24) is 5.32 Å². The van der Waals surface area contributed by atoms with Crippen LogP contribution in [0.2, 0.25) is 0 Å². The van der Waals surface area contributed by atoms with Crippen LogP contribution < -0.4 is 5.32 Å². The summed E-state index contributed by atoms with van der Waals surface area (Å²) in [5.41, 5.74) is 0.449. The lowest BCUT2D eigenvalue weighted by Gasteiger charge is -2.24. The number of amides is 1. The lowest BCUT2D eigenvalue weighted by molar-refractivity contribution is -0.149. The number of carbonyl (C=O) groups is 2. The summed E-state index contributed by atoms with van der Waals surface area (Å²) in [4.78, 5) is 24.4. The van der Waals surface area contributed by atoms with Crippen LogP contribution in [0.1, 0.15) is 59.9 Å². The first-order chi connectivity index (χ1) is 12.0. The number of esters is 1. The second-order valence-corrected chi connectivity index (χ2v) is 8.17. The zero-order valence-electron chi connectivity index (χ0n) is 16.9. The second-order valence-electron chi connectivity index (χ2n) is 8.17. The quantitative estimate of drug-likeness (QED) is 0.691. The van der Waals surface area contributed by atoms with Crippen LogP contribution in [0, 0.1) is 5.92 Å². The minimum Gasteiger partial charge on any atom is -0.463 e. The van der Waals surface area contributed by atoms with Crippen molar-refractivity contribution in [2.75, 3.05) is 0 Å². The maximum atomic E-state index is 12.3. The van der Waals surface area contributed by atoms with Crippen molar-refractivity contribution >= 4 is 12.1 Å². The highest BCUT2D eigenvalue weighted by Gasteiger charge is 2.23. The molecule has 0 saturated heterocycles. The number of carbonyl (C=O) groups excluding carboxylic acids is 2.